The molecule has 5 nitrogen and oxygen atoms in total. The van der Waals surface area contributed by atoms with Gasteiger partial charge in [0.25, 0.3) is 5.91 Å². The van der Waals surface area contributed by atoms with Gasteiger partial charge in [-0.25, -0.2) is 13.1 Å². The van der Waals surface area contributed by atoms with Crippen LogP contribution in [0.4, 0.5) is 5.69 Å². The third kappa shape index (κ3) is 4.56. The predicted octanol–water partition coefficient (Wildman–Crippen LogP) is 3.59. The highest BCUT2D eigenvalue weighted by Gasteiger charge is 2.15. The van der Waals surface area contributed by atoms with Crippen molar-refractivity contribution >= 4 is 33.2 Å². The van der Waals surface area contributed by atoms with Crippen molar-refractivity contribution in [1.29, 1.82) is 0 Å². The van der Waals surface area contributed by atoms with Gasteiger partial charge in [0.2, 0.25) is 10.0 Å². The Morgan fingerprint density at radius 2 is 1.79 bits per heavy atom. The van der Waals surface area contributed by atoms with Gasteiger partial charge < -0.3 is 5.32 Å². The summed E-state index contributed by atoms with van der Waals surface area (Å²) in [5, 5.41) is 3.32. The largest absolute Gasteiger partial charge is 0.322 e. The molecule has 128 valence electrons. The number of hydrogen-bond acceptors (Lipinski definition) is 3. The molecule has 0 bridgehead atoms. The lowest BCUT2D eigenvalue weighted by molar-refractivity contribution is 0.102. The normalized spacial score (nSPS) is 11.3. The molecule has 0 aliphatic heterocycles. The van der Waals surface area contributed by atoms with Gasteiger partial charge in [-0.05, 0) is 61.4 Å². The van der Waals surface area contributed by atoms with E-state index in [1.54, 1.807) is 37.3 Å². The van der Waals surface area contributed by atoms with Crippen LogP contribution in [0, 0.1) is 6.92 Å². The summed E-state index contributed by atoms with van der Waals surface area (Å²) < 4.78 is 26.8. The molecule has 2 N–H and O–H groups in total. The van der Waals surface area contributed by atoms with Crippen LogP contribution in [0.2, 0.25) is 5.02 Å². The average Bonchev–Trinajstić information content (AvgIpc) is 2.55. The highest BCUT2D eigenvalue weighted by Crippen LogP contribution is 2.21. The maximum atomic E-state index is 12.2. The van der Waals surface area contributed by atoms with Gasteiger partial charge in [-0.3, -0.25) is 4.79 Å². The first kappa shape index (κ1) is 18.4. The molecule has 7 heteroatoms. The van der Waals surface area contributed by atoms with E-state index in [1.165, 1.54) is 12.1 Å². The van der Waals surface area contributed by atoms with Crippen LogP contribution < -0.4 is 10.0 Å². The molecule has 0 fully saturated rings. The van der Waals surface area contributed by atoms with Gasteiger partial charge in [-0.1, -0.05) is 18.5 Å². The summed E-state index contributed by atoms with van der Waals surface area (Å²) in [5.41, 5.74) is 1.70. The second kappa shape index (κ2) is 7.79. The first-order valence-corrected chi connectivity index (χ1v) is 9.37. The smallest absolute Gasteiger partial charge is 0.255 e. The van der Waals surface area contributed by atoms with Crippen molar-refractivity contribution in [2.24, 2.45) is 0 Å². The predicted molar refractivity (Wildman–Crippen MR) is 96.1 cm³/mol. The number of carbonyl (C=O) groups excluding carboxylic acids is 1. The Bertz CT molecular complexity index is 833. The Morgan fingerprint density at radius 1 is 1.12 bits per heavy atom. The Kier molecular flexibility index (Phi) is 5.99. The van der Waals surface area contributed by atoms with Crippen LogP contribution in [0.1, 0.15) is 29.3 Å². The summed E-state index contributed by atoms with van der Waals surface area (Å²) in [5.74, 6) is -0.283. The van der Waals surface area contributed by atoms with Crippen molar-refractivity contribution in [2.45, 2.75) is 25.2 Å². The maximum absolute atomic E-state index is 12.2. The van der Waals surface area contributed by atoms with E-state index in [1.807, 2.05) is 6.92 Å². The summed E-state index contributed by atoms with van der Waals surface area (Å²) >= 11 is 5.80. The molecule has 0 heterocycles. The summed E-state index contributed by atoms with van der Waals surface area (Å²) in [6, 6.07) is 11.1. The van der Waals surface area contributed by atoms with E-state index in [9.17, 15) is 13.2 Å². The zero-order valence-corrected chi connectivity index (χ0v) is 15.0. The SMILES string of the molecule is CCCNS(=O)(=O)c1ccc(NC(=O)c2ccc(Cl)cc2)c(C)c1. The average molecular weight is 367 g/mol. The van der Waals surface area contributed by atoms with Crippen LogP contribution in [0.15, 0.2) is 47.4 Å². The Labute approximate surface area is 147 Å². The molecule has 0 radical (unpaired) electrons. The van der Waals surface area contributed by atoms with Gasteiger partial charge in [0.05, 0.1) is 4.90 Å². The zero-order chi connectivity index (χ0) is 17.7. The lowest BCUT2D eigenvalue weighted by Gasteiger charge is -2.11. The number of sulfonamides is 1. The molecule has 0 saturated carbocycles. The quantitative estimate of drug-likeness (QED) is 0.820. The number of halogens is 1. The van der Waals surface area contributed by atoms with Crippen molar-refractivity contribution in [3.8, 4) is 0 Å². The van der Waals surface area contributed by atoms with E-state index in [0.29, 0.717) is 34.8 Å². The van der Waals surface area contributed by atoms with Gasteiger partial charge in [-0.2, -0.15) is 0 Å². The molecule has 0 atom stereocenters. The van der Waals surface area contributed by atoms with Crippen molar-refractivity contribution in [2.75, 3.05) is 11.9 Å². The molecule has 0 aliphatic carbocycles. The fourth-order valence-corrected chi connectivity index (χ4v) is 3.40. The second-order valence-electron chi connectivity index (χ2n) is 5.34. The van der Waals surface area contributed by atoms with Crippen molar-refractivity contribution < 1.29 is 13.2 Å². The molecule has 2 aromatic rings. The Morgan fingerprint density at radius 3 is 2.38 bits per heavy atom. The van der Waals surface area contributed by atoms with Gasteiger partial charge in [0, 0.05) is 22.8 Å². The molecule has 2 rings (SSSR count). The van der Waals surface area contributed by atoms with Gasteiger partial charge >= 0.3 is 0 Å². The molecule has 24 heavy (non-hydrogen) atoms. The van der Waals surface area contributed by atoms with Crippen LogP contribution >= 0.6 is 11.6 Å². The molecule has 0 aromatic heterocycles. The van der Waals surface area contributed by atoms with Gasteiger partial charge in [0.15, 0.2) is 0 Å². The van der Waals surface area contributed by atoms with E-state index < -0.39 is 10.0 Å². The number of aryl methyl sites for hydroxylation is 1. The first-order chi connectivity index (χ1) is 11.3. The number of anilines is 1. The van der Waals surface area contributed by atoms with Crippen molar-refractivity contribution in [1.82, 2.24) is 4.72 Å². The topological polar surface area (TPSA) is 75.3 Å². The summed E-state index contributed by atoms with van der Waals surface area (Å²) in [6.45, 7) is 4.02. The number of benzene rings is 2. The molecule has 2 aromatic carbocycles. The monoisotopic (exact) mass is 366 g/mol. The van der Waals surface area contributed by atoms with Crippen LogP contribution in [0.3, 0.4) is 0 Å². The lowest BCUT2D eigenvalue weighted by Crippen LogP contribution is -2.24. The maximum Gasteiger partial charge on any atom is 0.255 e. The third-order valence-corrected chi connectivity index (χ3v) is 5.12. The standard InChI is InChI=1S/C17H19ClN2O3S/c1-3-10-19-24(22,23)15-8-9-16(12(2)11-15)20-17(21)13-4-6-14(18)7-5-13/h4-9,11,19H,3,10H2,1-2H3,(H,20,21). The number of rotatable bonds is 6. The number of amides is 1. The van der Waals surface area contributed by atoms with Crippen molar-refractivity contribution in [3.63, 3.8) is 0 Å². The van der Waals surface area contributed by atoms with E-state index in [2.05, 4.69) is 10.0 Å². The van der Waals surface area contributed by atoms with E-state index in [-0.39, 0.29) is 10.8 Å². The number of hydrogen-bond donors (Lipinski definition) is 2. The summed E-state index contributed by atoms with van der Waals surface area (Å²) in [7, 11) is -3.52. The molecule has 0 saturated heterocycles. The molecule has 0 spiro atoms. The lowest BCUT2D eigenvalue weighted by atomic mass is 10.1. The second-order valence-corrected chi connectivity index (χ2v) is 7.54. The number of carbonyl (C=O) groups is 1. The summed E-state index contributed by atoms with van der Waals surface area (Å²) in [6.07, 6.45) is 0.716. The van der Waals surface area contributed by atoms with Crippen molar-refractivity contribution in [3.05, 3.63) is 58.6 Å². The van der Waals surface area contributed by atoms with Crippen LogP contribution in [0.25, 0.3) is 0 Å². The molecule has 0 unspecified atom stereocenters. The van der Waals surface area contributed by atoms with E-state index in [0.717, 1.165) is 0 Å². The fraction of sp³-hybridized carbons (Fsp3) is 0.235. The molecule has 0 aliphatic rings. The van der Waals surface area contributed by atoms with Gasteiger partial charge in [-0.15, -0.1) is 0 Å². The fourth-order valence-electron chi connectivity index (χ4n) is 2.06. The van der Waals surface area contributed by atoms with E-state index in [4.69, 9.17) is 11.6 Å². The minimum absolute atomic E-state index is 0.179. The number of nitrogens with one attached hydrogen (secondary N) is 2. The minimum atomic E-state index is -3.52. The van der Waals surface area contributed by atoms with Crippen LogP contribution in [0.5, 0.6) is 0 Å². The van der Waals surface area contributed by atoms with Gasteiger partial charge in [0.1, 0.15) is 0 Å². The van der Waals surface area contributed by atoms with Crippen LogP contribution in [-0.4, -0.2) is 20.9 Å². The third-order valence-electron chi connectivity index (χ3n) is 3.40. The Balaban J connectivity index is 2.18. The highest BCUT2D eigenvalue weighted by atomic mass is 35.5. The first-order valence-electron chi connectivity index (χ1n) is 7.50. The summed E-state index contributed by atoms with van der Waals surface area (Å²) in [4.78, 5) is 12.4. The zero-order valence-electron chi connectivity index (χ0n) is 13.5. The Hall–Kier alpha value is -1.89. The minimum Gasteiger partial charge on any atom is -0.322 e. The molecular formula is C17H19ClN2O3S. The van der Waals surface area contributed by atoms with Crippen LogP contribution in [-0.2, 0) is 10.0 Å². The van der Waals surface area contributed by atoms with E-state index >= 15 is 0 Å². The molecular weight excluding hydrogens is 348 g/mol. The molecule has 1 amide bonds. The highest BCUT2D eigenvalue weighted by molar-refractivity contribution is 7.89.